The molecule has 0 spiro atoms. The van der Waals surface area contributed by atoms with Crippen LogP contribution in [0.2, 0.25) is 0 Å². The smallest absolute Gasteiger partial charge is 0.416 e. The van der Waals surface area contributed by atoms with E-state index < -0.39 is 54.2 Å². The highest BCUT2D eigenvalue weighted by atomic mass is 19.4. The fraction of sp³-hybridized carbons (Fsp3) is 0.400. The number of β-amino-alcohol motifs (C(OH)–C–C–N with tert-alkyl or cyclic N) is 1. The number of halogens is 3. The lowest BCUT2D eigenvalue weighted by molar-refractivity contribution is -0.148. The van der Waals surface area contributed by atoms with E-state index in [9.17, 15) is 37.8 Å². The van der Waals surface area contributed by atoms with Crippen LogP contribution in [0.3, 0.4) is 0 Å². The van der Waals surface area contributed by atoms with Gasteiger partial charge in [-0.2, -0.15) is 18.3 Å². The summed E-state index contributed by atoms with van der Waals surface area (Å²) in [5, 5.41) is 36.9. The molecule has 0 bridgehead atoms. The number of benzene rings is 1. The van der Waals surface area contributed by atoms with Crippen LogP contribution in [0.25, 0.3) is 0 Å². The molecule has 0 aliphatic carbocycles. The number of likely N-dealkylation sites (tertiary alicyclic amines) is 1. The average molecular weight is 470 g/mol. The number of nitrogens with zero attached hydrogens (tertiary/aromatic N) is 2. The van der Waals surface area contributed by atoms with Crippen LogP contribution in [-0.2, 0) is 17.4 Å². The third kappa shape index (κ3) is 5.68. The molecule has 2 aromatic rings. The van der Waals surface area contributed by atoms with Gasteiger partial charge in [0.25, 0.3) is 11.8 Å². The topological polar surface area (TPSA) is 156 Å². The van der Waals surface area contributed by atoms with Crippen molar-refractivity contribution in [2.75, 3.05) is 13.1 Å². The molecule has 3 atom stereocenters. The second-order valence-electron chi connectivity index (χ2n) is 7.58. The molecule has 5 N–H and O–H groups in total. The van der Waals surface area contributed by atoms with Gasteiger partial charge in [-0.25, -0.2) is 4.79 Å². The maximum absolute atomic E-state index is 13.3. The first-order valence-corrected chi connectivity index (χ1v) is 9.87. The lowest BCUT2D eigenvalue weighted by Gasteiger charge is -2.23. The number of aromatic nitrogens is 2. The maximum atomic E-state index is 13.3. The van der Waals surface area contributed by atoms with Crippen LogP contribution >= 0.6 is 0 Å². The summed E-state index contributed by atoms with van der Waals surface area (Å²) in [6, 6.07) is 3.88. The summed E-state index contributed by atoms with van der Waals surface area (Å²) in [5.41, 5.74) is -1.74. The molecule has 1 aromatic carbocycles. The van der Waals surface area contributed by atoms with Crippen molar-refractivity contribution in [2.24, 2.45) is 0 Å². The van der Waals surface area contributed by atoms with Gasteiger partial charge in [-0.1, -0.05) is 18.2 Å². The lowest BCUT2D eigenvalue weighted by Crippen LogP contribution is -2.48. The van der Waals surface area contributed by atoms with Crippen LogP contribution in [0, 0.1) is 0 Å². The molecule has 2 amide bonds. The largest absolute Gasteiger partial charge is 0.479 e. The average Bonchev–Trinajstić information content (AvgIpc) is 3.41. The zero-order valence-corrected chi connectivity index (χ0v) is 17.0. The van der Waals surface area contributed by atoms with Gasteiger partial charge < -0.3 is 25.5 Å². The van der Waals surface area contributed by atoms with Crippen molar-refractivity contribution in [2.45, 2.75) is 37.3 Å². The van der Waals surface area contributed by atoms with E-state index in [0.29, 0.717) is 13.0 Å². The summed E-state index contributed by atoms with van der Waals surface area (Å²) >= 11 is 0. The third-order valence-electron chi connectivity index (χ3n) is 5.20. The van der Waals surface area contributed by atoms with Crippen LogP contribution in [-0.4, -0.2) is 79.5 Å². The van der Waals surface area contributed by atoms with Crippen molar-refractivity contribution in [3.05, 3.63) is 52.8 Å². The minimum atomic E-state index is -4.72. The Bertz CT molecular complexity index is 1040. The van der Waals surface area contributed by atoms with Crippen LogP contribution < -0.4 is 5.32 Å². The monoisotopic (exact) mass is 470 g/mol. The molecule has 1 aromatic heterocycles. The number of aromatic amines is 1. The molecule has 1 saturated heterocycles. The van der Waals surface area contributed by atoms with Gasteiger partial charge in [0.15, 0.2) is 11.8 Å². The molecular formula is C20H21F3N4O6. The minimum Gasteiger partial charge on any atom is -0.479 e. The number of carboxylic acid groups (broad SMARTS) is 1. The fourth-order valence-corrected chi connectivity index (χ4v) is 3.51. The number of aliphatic carboxylic acids is 1. The fourth-order valence-electron chi connectivity index (χ4n) is 3.51. The van der Waals surface area contributed by atoms with Crippen molar-refractivity contribution in [3.8, 4) is 0 Å². The summed E-state index contributed by atoms with van der Waals surface area (Å²) in [7, 11) is 0. The first-order valence-electron chi connectivity index (χ1n) is 9.87. The van der Waals surface area contributed by atoms with E-state index in [0.717, 1.165) is 24.3 Å². The number of rotatable bonds is 7. The molecule has 10 nitrogen and oxygen atoms in total. The van der Waals surface area contributed by atoms with E-state index in [4.69, 9.17) is 5.11 Å². The molecule has 2 heterocycles. The number of aliphatic hydroxyl groups excluding tert-OH is 2. The van der Waals surface area contributed by atoms with E-state index in [1.165, 1.54) is 11.0 Å². The Labute approximate surface area is 185 Å². The number of carbonyl (C=O) groups excluding carboxylic acids is 2. The van der Waals surface area contributed by atoms with E-state index in [1.807, 2.05) is 0 Å². The zero-order chi connectivity index (χ0) is 24.3. The molecule has 0 unspecified atom stereocenters. The van der Waals surface area contributed by atoms with Gasteiger partial charge in [-0.3, -0.25) is 14.7 Å². The van der Waals surface area contributed by atoms with Crippen LogP contribution in [0.1, 0.15) is 38.5 Å². The summed E-state index contributed by atoms with van der Waals surface area (Å²) in [6.07, 6.45) is -7.81. The highest BCUT2D eigenvalue weighted by Crippen LogP contribution is 2.32. The molecule has 13 heteroatoms. The number of aliphatic hydroxyl groups is 2. The highest BCUT2D eigenvalue weighted by Gasteiger charge is 2.36. The first kappa shape index (κ1) is 24.2. The summed E-state index contributed by atoms with van der Waals surface area (Å²) in [6.45, 7) is 0.427. The predicted octanol–water partition coefficient (Wildman–Crippen LogP) is 0.422. The second-order valence-corrected chi connectivity index (χ2v) is 7.58. The molecule has 178 valence electrons. The molecule has 33 heavy (non-hydrogen) atoms. The van der Waals surface area contributed by atoms with Gasteiger partial charge in [0.05, 0.1) is 17.7 Å². The number of alkyl halides is 3. The van der Waals surface area contributed by atoms with Gasteiger partial charge in [-0.15, -0.1) is 0 Å². The number of amides is 2. The highest BCUT2D eigenvalue weighted by molar-refractivity contribution is 5.98. The van der Waals surface area contributed by atoms with Gasteiger partial charge in [0, 0.05) is 19.2 Å². The summed E-state index contributed by atoms with van der Waals surface area (Å²) in [5.74, 6) is -3.25. The molecule has 3 rings (SSSR count). The zero-order valence-electron chi connectivity index (χ0n) is 17.0. The Morgan fingerprint density at radius 2 is 1.97 bits per heavy atom. The van der Waals surface area contributed by atoms with E-state index in [2.05, 4.69) is 15.5 Å². The number of nitrogens with one attached hydrogen (secondary N) is 2. The van der Waals surface area contributed by atoms with Crippen molar-refractivity contribution >= 4 is 17.8 Å². The predicted molar refractivity (Wildman–Crippen MR) is 105 cm³/mol. The molecule has 0 saturated carbocycles. The number of H-pyrrole nitrogens is 1. The Morgan fingerprint density at radius 1 is 1.27 bits per heavy atom. The number of hydrogen-bond donors (Lipinski definition) is 5. The molecule has 1 fully saturated rings. The van der Waals surface area contributed by atoms with Crippen molar-refractivity contribution < 1.29 is 42.9 Å². The third-order valence-corrected chi connectivity index (χ3v) is 5.20. The Balaban J connectivity index is 1.78. The molecule has 1 aliphatic heterocycles. The number of carboxylic acids is 1. The van der Waals surface area contributed by atoms with Crippen molar-refractivity contribution in [1.29, 1.82) is 0 Å². The molecular weight excluding hydrogens is 449 g/mol. The van der Waals surface area contributed by atoms with Gasteiger partial charge in [0.2, 0.25) is 0 Å². The second kappa shape index (κ2) is 9.58. The van der Waals surface area contributed by atoms with Crippen LogP contribution in [0.15, 0.2) is 30.3 Å². The Kier molecular flexibility index (Phi) is 7.03. The number of carbonyl (C=O) groups is 3. The van der Waals surface area contributed by atoms with Crippen LogP contribution in [0.4, 0.5) is 13.2 Å². The van der Waals surface area contributed by atoms with Crippen molar-refractivity contribution in [3.63, 3.8) is 0 Å². The van der Waals surface area contributed by atoms with E-state index in [-0.39, 0.29) is 23.5 Å². The van der Waals surface area contributed by atoms with Crippen molar-refractivity contribution in [1.82, 2.24) is 20.4 Å². The van der Waals surface area contributed by atoms with Gasteiger partial charge in [-0.05, 0) is 24.5 Å². The quantitative estimate of drug-likeness (QED) is 0.393. The summed E-state index contributed by atoms with van der Waals surface area (Å²) in [4.78, 5) is 37.6. The maximum Gasteiger partial charge on any atom is 0.416 e. The minimum absolute atomic E-state index is 0.0630. The standard InChI is InChI=1S/C20H21F3N4O6/c21-20(22,23)12-4-2-1-3-10(12)7-13(16(29)19(32)33)24-17(30)14-8-15(26-25-14)18(31)27-6-5-11(28)9-27/h1-4,8,11,13,16,28-29H,5-7,9H2,(H,24,30)(H,25,26)(H,32,33)/t11-,13-,16-/m1/s1. The first-order chi connectivity index (χ1) is 15.5. The molecule has 0 radical (unpaired) electrons. The van der Waals surface area contributed by atoms with Gasteiger partial charge >= 0.3 is 12.1 Å². The Morgan fingerprint density at radius 3 is 2.58 bits per heavy atom. The lowest BCUT2D eigenvalue weighted by atomic mass is 9.96. The molecule has 1 aliphatic rings. The van der Waals surface area contributed by atoms with E-state index >= 15 is 0 Å². The SMILES string of the molecule is O=C(N[C@H](Cc1ccccc1C(F)(F)F)[C@@H](O)C(=O)O)c1cc(C(=O)N2CC[C@@H](O)C2)[nH]n1. The van der Waals surface area contributed by atoms with Gasteiger partial charge in [0.1, 0.15) is 5.69 Å². The summed E-state index contributed by atoms with van der Waals surface area (Å²) < 4.78 is 39.9. The van der Waals surface area contributed by atoms with Crippen LogP contribution in [0.5, 0.6) is 0 Å². The Hall–Kier alpha value is -3.45. The normalized spacial score (nSPS) is 18.1. The van der Waals surface area contributed by atoms with E-state index in [1.54, 1.807) is 0 Å². The number of hydrogen-bond acceptors (Lipinski definition) is 6.